The number of likely N-dealkylation sites (tertiary alicyclic amines) is 1. The zero-order chi connectivity index (χ0) is 29.3. The van der Waals surface area contributed by atoms with Crippen molar-refractivity contribution in [1.29, 1.82) is 0 Å². The lowest BCUT2D eigenvalue weighted by Crippen LogP contribution is -2.60. The highest BCUT2D eigenvalue weighted by molar-refractivity contribution is 7.89. The molecule has 232 valence electrons. The number of piperidine rings is 1. The van der Waals surface area contributed by atoms with Crippen LogP contribution in [-0.4, -0.2) is 111 Å². The Hall–Kier alpha value is -2.61. The van der Waals surface area contributed by atoms with Gasteiger partial charge in [-0.2, -0.15) is 4.31 Å². The third-order valence-electron chi connectivity index (χ3n) is 9.59. The number of carbonyl (C=O) groups is 2. The third kappa shape index (κ3) is 6.06. The van der Waals surface area contributed by atoms with E-state index < -0.39 is 33.6 Å². The Morgan fingerprint density at radius 2 is 1.76 bits per heavy atom. The Labute approximate surface area is 247 Å². The number of carbonyl (C=O) groups excluding carboxylic acids is 2. The molecule has 0 aromatic heterocycles. The van der Waals surface area contributed by atoms with Gasteiger partial charge in [0, 0.05) is 68.9 Å². The number of aliphatic hydroxyl groups excluding tert-OH is 1. The van der Waals surface area contributed by atoms with Gasteiger partial charge in [-0.1, -0.05) is 19.3 Å². The van der Waals surface area contributed by atoms with Crippen LogP contribution in [0.4, 0.5) is 10.5 Å². The highest BCUT2D eigenvalue weighted by Gasteiger charge is 2.47. The molecule has 0 unspecified atom stereocenters. The number of anilines is 1. The smallest absolute Gasteiger partial charge is 0.317 e. The third-order valence-corrected chi connectivity index (χ3v) is 11.5. The number of nitrogens with zero attached hydrogens (tertiary/aromatic N) is 3. The number of hydrogen-bond donors (Lipinski definition) is 3. The lowest BCUT2D eigenvalue weighted by atomic mass is 9.84. The molecule has 13 heteroatoms. The number of amides is 3. The molecule has 4 heterocycles. The fourth-order valence-electron chi connectivity index (χ4n) is 7.04. The number of benzene rings is 1. The molecule has 6 rings (SSSR count). The minimum Gasteiger partial charge on any atom is -0.492 e. The number of morpholine rings is 1. The quantitative estimate of drug-likeness (QED) is 0.460. The average Bonchev–Trinajstić information content (AvgIpc) is 3.40. The molecule has 1 aromatic carbocycles. The maximum Gasteiger partial charge on any atom is 0.317 e. The fourth-order valence-corrected chi connectivity index (χ4v) is 8.79. The first-order valence-corrected chi connectivity index (χ1v) is 16.9. The van der Waals surface area contributed by atoms with Crippen LogP contribution < -0.4 is 20.3 Å². The first-order valence-electron chi connectivity index (χ1n) is 15.4. The number of nitrogens with one attached hydrogen (secondary N) is 2. The zero-order valence-electron chi connectivity index (χ0n) is 24.1. The lowest BCUT2D eigenvalue weighted by molar-refractivity contribution is -0.127. The summed E-state index contributed by atoms with van der Waals surface area (Å²) in [7, 11) is -4.14. The van der Waals surface area contributed by atoms with Crippen molar-refractivity contribution in [3.05, 3.63) is 18.2 Å². The van der Waals surface area contributed by atoms with Crippen molar-refractivity contribution in [2.45, 2.75) is 86.4 Å². The lowest BCUT2D eigenvalue weighted by Gasteiger charge is -2.43. The van der Waals surface area contributed by atoms with E-state index in [1.54, 1.807) is 18.2 Å². The predicted molar refractivity (Wildman–Crippen MR) is 155 cm³/mol. The Morgan fingerprint density at radius 3 is 2.50 bits per heavy atom. The number of fused-ring (bicyclic) bond motifs is 2. The molecule has 42 heavy (non-hydrogen) atoms. The topological polar surface area (TPSA) is 141 Å². The molecular formula is C29H43N5O7S. The van der Waals surface area contributed by atoms with Crippen LogP contribution >= 0.6 is 0 Å². The minimum absolute atomic E-state index is 0.00318. The van der Waals surface area contributed by atoms with Crippen LogP contribution in [0.3, 0.4) is 0 Å². The summed E-state index contributed by atoms with van der Waals surface area (Å²) in [5, 5.41) is 16.9. The number of aliphatic hydroxyl groups is 1. The van der Waals surface area contributed by atoms with Crippen molar-refractivity contribution >= 4 is 27.6 Å². The first-order chi connectivity index (χ1) is 20.2. The van der Waals surface area contributed by atoms with Crippen LogP contribution in [0.25, 0.3) is 0 Å². The molecule has 0 bridgehead atoms. The molecule has 4 fully saturated rings. The summed E-state index contributed by atoms with van der Waals surface area (Å²) in [5.41, 5.74) is 0.190. The molecule has 3 saturated heterocycles. The second-order valence-corrected chi connectivity index (χ2v) is 14.2. The van der Waals surface area contributed by atoms with E-state index in [2.05, 4.69) is 15.5 Å². The zero-order valence-corrected chi connectivity index (χ0v) is 24.9. The van der Waals surface area contributed by atoms with Crippen LogP contribution in [0.5, 0.6) is 5.75 Å². The van der Waals surface area contributed by atoms with Gasteiger partial charge >= 0.3 is 6.03 Å². The molecule has 3 N–H and O–H groups in total. The van der Waals surface area contributed by atoms with Gasteiger partial charge in [0.25, 0.3) is 0 Å². The van der Waals surface area contributed by atoms with Gasteiger partial charge < -0.3 is 35.0 Å². The van der Waals surface area contributed by atoms with Crippen LogP contribution in [-0.2, 0) is 19.6 Å². The minimum atomic E-state index is -4.14. The Kier molecular flexibility index (Phi) is 8.54. The van der Waals surface area contributed by atoms with Crippen LogP contribution in [0.1, 0.15) is 57.8 Å². The SMILES string of the molecule is O=C1NC2(CCOc3cc(N4CCOCC4)ccc3S(=O)(=O)N3C[C@H](O)C[C@@H]13)CCN(C(=O)NC1CCCCC1)CC2. The summed E-state index contributed by atoms with van der Waals surface area (Å²) in [5.74, 6) is -0.170. The summed E-state index contributed by atoms with van der Waals surface area (Å²) in [6.45, 7) is 3.57. The number of ether oxygens (including phenoxy) is 2. The van der Waals surface area contributed by atoms with Gasteiger partial charge in [0.05, 0.1) is 25.9 Å². The van der Waals surface area contributed by atoms with Gasteiger partial charge in [0.15, 0.2) is 0 Å². The second-order valence-electron chi connectivity index (χ2n) is 12.4. The number of sulfonamides is 1. The largest absolute Gasteiger partial charge is 0.492 e. The molecule has 1 spiro atoms. The Balaban J connectivity index is 1.24. The first kappa shape index (κ1) is 29.5. The van der Waals surface area contributed by atoms with E-state index in [4.69, 9.17) is 9.47 Å². The van der Waals surface area contributed by atoms with Crippen LogP contribution in [0, 0.1) is 0 Å². The second kappa shape index (κ2) is 12.2. The maximum absolute atomic E-state index is 13.9. The van der Waals surface area contributed by atoms with E-state index in [-0.39, 0.29) is 42.3 Å². The van der Waals surface area contributed by atoms with Gasteiger partial charge in [-0.05, 0) is 37.8 Å². The Bertz CT molecular complexity index is 1260. The van der Waals surface area contributed by atoms with Gasteiger partial charge in [-0.15, -0.1) is 0 Å². The van der Waals surface area contributed by atoms with Gasteiger partial charge in [0.1, 0.15) is 16.7 Å². The van der Waals surface area contributed by atoms with E-state index in [9.17, 15) is 23.1 Å². The summed E-state index contributed by atoms with van der Waals surface area (Å²) in [6, 6.07) is 4.21. The van der Waals surface area contributed by atoms with Crippen molar-refractivity contribution in [2.75, 3.05) is 57.4 Å². The van der Waals surface area contributed by atoms with E-state index in [0.29, 0.717) is 58.7 Å². The molecule has 0 radical (unpaired) electrons. The van der Waals surface area contributed by atoms with Crippen LogP contribution in [0.2, 0.25) is 0 Å². The van der Waals surface area contributed by atoms with E-state index >= 15 is 0 Å². The molecular weight excluding hydrogens is 562 g/mol. The molecule has 4 aliphatic heterocycles. The normalized spacial score (nSPS) is 28.6. The van der Waals surface area contributed by atoms with E-state index in [1.807, 2.05) is 4.90 Å². The monoisotopic (exact) mass is 605 g/mol. The molecule has 3 amide bonds. The van der Waals surface area contributed by atoms with Crippen molar-refractivity contribution in [3.8, 4) is 5.75 Å². The number of hydrogen-bond acceptors (Lipinski definition) is 8. The molecule has 5 aliphatic rings. The molecule has 1 aromatic rings. The average molecular weight is 606 g/mol. The highest BCUT2D eigenvalue weighted by atomic mass is 32.2. The summed E-state index contributed by atoms with van der Waals surface area (Å²) < 4.78 is 40.7. The van der Waals surface area contributed by atoms with Gasteiger partial charge in [0.2, 0.25) is 15.9 Å². The van der Waals surface area contributed by atoms with Crippen molar-refractivity contribution in [3.63, 3.8) is 0 Å². The van der Waals surface area contributed by atoms with Gasteiger partial charge in [-0.3, -0.25) is 4.79 Å². The summed E-state index contributed by atoms with van der Waals surface area (Å²) in [6.07, 6.45) is 6.13. The molecule has 12 nitrogen and oxygen atoms in total. The standard InChI is InChI=1S/C29H43N5O7S/c35-23-19-24-27(36)31-29(8-11-33(12-9-29)28(37)30-21-4-2-1-3-5-21)10-15-41-25-18-22(32-13-16-40-17-14-32)6-7-26(25)42(38,39)34(24)20-23/h6-7,18,21,23-24,35H,1-5,8-17,19-20H2,(H,30,37)(H,31,36)/t23-,24+/m1/s1. The predicted octanol–water partition coefficient (Wildman–Crippen LogP) is 1.42. The van der Waals surface area contributed by atoms with E-state index in [1.165, 1.54) is 6.42 Å². The molecule has 2 atom stereocenters. The number of urea groups is 1. The van der Waals surface area contributed by atoms with Crippen molar-refractivity contribution in [2.24, 2.45) is 0 Å². The van der Waals surface area contributed by atoms with Crippen molar-refractivity contribution < 1.29 is 32.6 Å². The van der Waals surface area contributed by atoms with Crippen LogP contribution in [0.15, 0.2) is 23.1 Å². The fraction of sp³-hybridized carbons (Fsp3) is 0.724. The highest BCUT2D eigenvalue weighted by Crippen LogP contribution is 2.37. The van der Waals surface area contributed by atoms with Crippen molar-refractivity contribution in [1.82, 2.24) is 19.8 Å². The maximum atomic E-state index is 13.9. The summed E-state index contributed by atoms with van der Waals surface area (Å²) >= 11 is 0. The number of rotatable bonds is 2. The van der Waals surface area contributed by atoms with E-state index in [0.717, 1.165) is 35.7 Å². The Morgan fingerprint density at radius 1 is 1.02 bits per heavy atom. The molecule has 1 saturated carbocycles. The summed E-state index contributed by atoms with van der Waals surface area (Å²) in [4.78, 5) is 30.7. The molecule has 1 aliphatic carbocycles. The van der Waals surface area contributed by atoms with Gasteiger partial charge in [-0.25, -0.2) is 13.2 Å².